The van der Waals surface area contributed by atoms with E-state index in [1.54, 1.807) is 0 Å². The Morgan fingerprint density at radius 2 is 1.44 bits per heavy atom. The summed E-state index contributed by atoms with van der Waals surface area (Å²) in [6.07, 6.45) is 2.91. The third-order valence-electron chi connectivity index (χ3n) is 2.05. The average Bonchev–Trinajstić information content (AvgIpc) is 2.08. The van der Waals surface area contributed by atoms with Crippen LogP contribution in [-0.2, 0) is 0 Å². The van der Waals surface area contributed by atoms with Crippen molar-refractivity contribution in [3.05, 3.63) is 0 Å². The molecule has 1 rings (SSSR count). The van der Waals surface area contributed by atoms with Crippen molar-refractivity contribution in [2.75, 3.05) is 13.1 Å². The predicted molar refractivity (Wildman–Crippen MR) is 44.2 cm³/mol. The van der Waals surface area contributed by atoms with E-state index in [0.29, 0.717) is 0 Å². The Bertz CT molecular complexity index is 89.6. The topological polar surface area (TPSA) is 3.24 Å². The summed E-state index contributed by atoms with van der Waals surface area (Å²) in [6, 6.07) is 0. The number of nitrogens with zero attached hydrogens (tertiary/aromatic N) is 1. The Morgan fingerprint density at radius 1 is 1.00 bits per heavy atom. The van der Waals surface area contributed by atoms with Gasteiger partial charge in [-0.25, -0.2) is 0 Å². The van der Waals surface area contributed by atoms with Crippen LogP contribution < -0.4 is 0 Å². The fourth-order valence-electron chi connectivity index (χ4n) is 1.39. The molecule has 54 valence electrons. The summed E-state index contributed by atoms with van der Waals surface area (Å²) >= 11 is -1.56. The maximum atomic E-state index is 2.76. The maximum absolute atomic E-state index is 2.76. The third-order valence-corrected chi connectivity index (χ3v) is 8.75. The van der Waals surface area contributed by atoms with Crippen molar-refractivity contribution in [3.8, 4) is 0 Å². The van der Waals surface area contributed by atoms with Crippen LogP contribution in [0.4, 0.5) is 0 Å². The number of hydrogen-bond acceptors (Lipinski definition) is 1. The van der Waals surface area contributed by atoms with E-state index in [0.717, 1.165) is 0 Å². The van der Waals surface area contributed by atoms with Gasteiger partial charge in [0.05, 0.1) is 0 Å². The van der Waals surface area contributed by atoms with Gasteiger partial charge in [-0.05, 0) is 0 Å². The van der Waals surface area contributed by atoms with Gasteiger partial charge in [0.2, 0.25) is 0 Å². The molecule has 1 nitrogen and oxygen atoms in total. The summed E-state index contributed by atoms with van der Waals surface area (Å²) in [5.41, 5.74) is 0. The van der Waals surface area contributed by atoms with Gasteiger partial charge in [0.15, 0.2) is 0 Å². The monoisotopic (exact) mass is 235 g/mol. The van der Waals surface area contributed by atoms with Gasteiger partial charge in [0.25, 0.3) is 0 Å². The minimum atomic E-state index is -1.56. The normalized spacial score (nSPS) is 23.0. The van der Waals surface area contributed by atoms with E-state index in [4.69, 9.17) is 0 Å². The molecule has 0 aromatic heterocycles. The van der Waals surface area contributed by atoms with E-state index < -0.39 is 18.7 Å². The Labute approximate surface area is 62.7 Å². The van der Waals surface area contributed by atoms with Gasteiger partial charge in [-0.1, -0.05) is 0 Å². The molecule has 1 fully saturated rings. The van der Waals surface area contributed by atoms with Crippen LogP contribution in [0.1, 0.15) is 12.8 Å². The van der Waals surface area contributed by atoms with Crippen LogP contribution in [0.2, 0.25) is 14.8 Å². The van der Waals surface area contributed by atoms with Crippen LogP contribution in [0.15, 0.2) is 0 Å². The molecule has 1 saturated heterocycles. The zero-order valence-electron chi connectivity index (χ0n) is 6.78. The zero-order chi connectivity index (χ0) is 6.91. The molecular formula is C7H17NSn. The van der Waals surface area contributed by atoms with Crippen molar-refractivity contribution < 1.29 is 0 Å². The fraction of sp³-hybridized carbons (Fsp3) is 1.00. The molecular weight excluding hydrogens is 217 g/mol. The molecule has 0 aromatic rings. The molecule has 0 aliphatic carbocycles. The molecule has 0 N–H and O–H groups in total. The summed E-state index contributed by atoms with van der Waals surface area (Å²) < 4.78 is 2.76. The van der Waals surface area contributed by atoms with E-state index in [2.05, 4.69) is 17.9 Å². The van der Waals surface area contributed by atoms with Crippen LogP contribution >= 0.6 is 0 Å². The van der Waals surface area contributed by atoms with E-state index >= 15 is 0 Å². The first-order valence-electron chi connectivity index (χ1n) is 3.86. The molecule has 9 heavy (non-hydrogen) atoms. The molecule has 0 atom stereocenters. The predicted octanol–water partition coefficient (Wildman–Crippen LogP) is 1.92. The summed E-state index contributed by atoms with van der Waals surface area (Å²) in [7, 11) is 0. The van der Waals surface area contributed by atoms with E-state index in [-0.39, 0.29) is 0 Å². The van der Waals surface area contributed by atoms with Gasteiger partial charge < -0.3 is 0 Å². The first kappa shape index (κ1) is 7.86. The molecule has 1 heterocycles. The van der Waals surface area contributed by atoms with E-state index in [1.165, 1.54) is 25.9 Å². The summed E-state index contributed by atoms with van der Waals surface area (Å²) in [5.74, 6) is 0. The minimum absolute atomic E-state index is 1.40. The molecule has 1 aliphatic rings. The van der Waals surface area contributed by atoms with Crippen molar-refractivity contribution in [3.63, 3.8) is 0 Å². The fourth-order valence-corrected chi connectivity index (χ4v) is 6.12. The number of rotatable bonds is 1. The molecule has 0 amide bonds. The molecule has 0 bridgehead atoms. The van der Waals surface area contributed by atoms with Gasteiger partial charge in [0, 0.05) is 0 Å². The first-order valence-corrected chi connectivity index (χ1v) is 13.7. The van der Waals surface area contributed by atoms with Gasteiger partial charge in [-0.15, -0.1) is 0 Å². The quantitative estimate of drug-likeness (QED) is 0.626. The van der Waals surface area contributed by atoms with E-state index in [9.17, 15) is 0 Å². The molecule has 0 aromatic carbocycles. The van der Waals surface area contributed by atoms with Crippen molar-refractivity contribution in [1.82, 2.24) is 3.12 Å². The SMILES string of the molecule is [CH3][Sn]([CH3])([CH3])[N]1CCCC1. The van der Waals surface area contributed by atoms with Crippen molar-refractivity contribution >= 4 is 18.7 Å². The Morgan fingerprint density at radius 3 is 1.67 bits per heavy atom. The average molecular weight is 234 g/mol. The Hall–Kier alpha value is 0.759. The third kappa shape index (κ3) is 2.11. The Balaban J connectivity index is 2.42. The van der Waals surface area contributed by atoms with Crippen LogP contribution in [0.5, 0.6) is 0 Å². The summed E-state index contributed by atoms with van der Waals surface area (Å²) in [6.45, 7) is 2.80. The Kier molecular flexibility index (Phi) is 2.43. The second kappa shape index (κ2) is 2.79. The molecule has 0 saturated carbocycles. The van der Waals surface area contributed by atoms with Crippen LogP contribution in [0.25, 0.3) is 0 Å². The van der Waals surface area contributed by atoms with Crippen molar-refractivity contribution in [2.45, 2.75) is 27.7 Å². The van der Waals surface area contributed by atoms with Gasteiger partial charge >= 0.3 is 62.5 Å². The van der Waals surface area contributed by atoms with Crippen LogP contribution in [0, 0.1) is 0 Å². The summed E-state index contributed by atoms with van der Waals surface area (Å²) in [5, 5.41) is 0. The second-order valence-electron chi connectivity index (χ2n) is 3.86. The van der Waals surface area contributed by atoms with Gasteiger partial charge in [0.1, 0.15) is 0 Å². The van der Waals surface area contributed by atoms with Gasteiger partial charge in [-0.3, -0.25) is 0 Å². The molecule has 0 radical (unpaired) electrons. The molecule has 2 heteroatoms. The van der Waals surface area contributed by atoms with Crippen LogP contribution in [0.3, 0.4) is 0 Å². The molecule has 0 spiro atoms. The van der Waals surface area contributed by atoms with Crippen LogP contribution in [-0.4, -0.2) is 34.9 Å². The van der Waals surface area contributed by atoms with Gasteiger partial charge in [-0.2, -0.15) is 0 Å². The van der Waals surface area contributed by atoms with Crippen molar-refractivity contribution in [2.24, 2.45) is 0 Å². The standard InChI is InChI=1S/C4H8N.3CH3.Sn/c1-2-4-5-3-1;;;;/h1-4H2;3*1H3;/q-1;;;;+1. The first-order chi connectivity index (χ1) is 4.11. The second-order valence-corrected chi connectivity index (χ2v) is 18.1. The zero-order valence-corrected chi connectivity index (χ0v) is 9.63. The molecule has 1 aliphatic heterocycles. The van der Waals surface area contributed by atoms with E-state index in [1.807, 2.05) is 0 Å². The van der Waals surface area contributed by atoms with Crippen molar-refractivity contribution in [1.29, 1.82) is 0 Å². The summed E-state index contributed by atoms with van der Waals surface area (Å²) in [4.78, 5) is 7.50. The number of hydrogen-bond donors (Lipinski definition) is 0. The molecule has 0 unspecified atom stereocenters.